The van der Waals surface area contributed by atoms with Crippen molar-refractivity contribution in [2.45, 2.75) is 77.9 Å². The van der Waals surface area contributed by atoms with Crippen LogP contribution in [0.3, 0.4) is 0 Å². The monoisotopic (exact) mass is 241 g/mol. The van der Waals surface area contributed by atoms with Gasteiger partial charge in [0.1, 0.15) is 0 Å². The first-order valence-electron chi connectivity index (χ1n) is 7.61. The fourth-order valence-corrected chi connectivity index (χ4v) is 2.67. The molecule has 17 heavy (non-hydrogen) atoms. The average molecular weight is 241 g/mol. The Kier molecular flexibility index (Phi) is 7.87. The first kappa shape index (κ1) is 15.0. The van der Waals surface area contributed by atoms with Gasteiger partial charge in [-0.1, -0.05) is 33.1 Å². The zero-order valence-electron chi connectivity index (χ0n) is 12.0. The molecule has 1 aliphatic carbocycles. The number of nitrogens with one attached hydrogen (secondary N) is 1. The van der Waals surface area contributed by atoms with Gasteiger partial charge < -0.3 is 10.1 Å². The summed E-state index contributed by atoms with van der Waals surface area (Å²) in [5, 5.41) is 3.51. The Morgan fingerprint density at radius 2 is 2.12 bits per heavy atom. The van der Waals surface area contributed by atoms with Crippen LogP contribution in [0, 0.1) is 5.92 Å². The molecular weight excluding hydrogens is 210 g/mol. The molecule has 0 aromatic carbocycles. The highest BCUT2D eigenvalue weighted by molar-refractivity contribution is 4.72. The molecular formula is C15H31NO. The van der Waals surface area contributed by atoms with Crippen LogP contribution in [0.25, 0.3) is 0 Å². The lowest BCUT2D eigenvalue weighted by Gasteiger charge is -2.28. The molecule has 3 atom stereocenters. The van der Waals surface area contributed by atoms with Crippen LogP contribution in [0.15, 0.2) is 0 Å². The minimum absolute atomic E-state index is 0.548. The molecule has 1 rings (SSSR count). The molecule has 0 spiro atoms. The Hall–Kier alpha value is -0.0800. The van der Waals surface area contributed by atoms with Crippen molar-refractivity contribution in [1.82, 2.24) is 5.32 Å². The Labute approximate surface area is 108 Å². The van der Waals surface area contributed by atoms with Gasteiger partial charge in [0, 0.05) is 12.6 Å². The Bertz CT molecular complexity index is 184. The SMILES string of the molecule is CCCNC(C)CCOC1CCCC(CC)C1. The molecule has 0 amide bonds. The summed E-state index contributed by atoms with van der Waals surface area (Å²) in [4.78, 5) is 0. The van der Waals surface area contributed by atoms with Gasteiger partial charge in [-0.05, 0) is 45.1 Å². The zero-order chi connectivity index (χ0) is 12.5. The van der Waals surface area contributed by atoms with Crippen molar-refractivity contribution in [3.8, 4) is 0 Å². The van der Waals surface area contributed by atoms with Crippen LogP contribution in [0.2, 0.25) is 0 Å². The summed E-state index contributed by atoms with van der Waals surface area (Å²) in [6.07, 6.45) is 9.61. The molecule has 1 aliphatic rings. The van der Waals surface area contributed by atoms with Crippen LogP contribution in [0.4, 0.5) is 0 Å². The number of hydrogen-bond acceptors (Lipinski definition) is 2. The Morgan fingerprint density at radius 1 is 1.29 bits per heavy atom. The van der Waals surface area contributed by atoms with Crippen molar-refractivity contribution in [2.24, 2.45) is 5.92 Å². The molecule has 1 N–H and O–H groups in total. The predicted molar refractivity (Wildman–Crippen MR) is 74.4 cm³/mol. The summed E-state index contributed by atoms with van der Waals surface area (Å²) in [5.41, 5.74) is 0. The molecule has 2 nitrogen and oxygen atoms in total. The van der Waals surface area contributed by atoms with Gasteiger partial charge in [-0.25, -0.2) is 0 Å². The van der Waals surface area contributed by atoms with Gasteiger partial charge in [0.25, 0.3) is 0 Å². The van der Waals surface area contributed by atoms with E-state index in [4.69, 9.17) is 4.74 Å². The summed E-state index contributed by atoms with van der Waals surface area (Å²) >= 11 is 0. The van der Waals surface area contributed by atoms with Crippen molar-refractivity contribution in [3.05, 3.63) is 0 Å². The first-order valence-corrected chi connectivity index (χ1v) is 7.61. The molecule has 0 heterocycles. The highest BCUT2D eigenvalue weighted by Crippen LogP contribution is 2.28. The summed E-state index contributed by atoms with van der Waals surface area (Å²) in [6, 6.07) is 0.598. The Balaban J connectivity index is 2.05. The van der Waals surface area contributed by atoms with Gasteiger partial charge in [-0.3, -0.25) is 0 Å². The molecule has 0 radical (unpaired) electrons. The van der Waals surface area contributed by atoms with E-state index in [0.717, 1.165) is 25.5 Å². The molecule has 0 aromatic heterocycles. The normalized spacial score (nSPS) is 27.0. The van der Waals surface area contributed by atoms with Gasteiger partial charge in [0.2, 0.25) is 0 Å². The molecule has 1 fully saturated rings. The third-order valence-electron chi connectivity index (χ3n) is 3.96. The fourth-order valence-electron chi connectivity index (χ4n) is 2.67. The van der Waals surface area contributed by atoms with Crippen LogP contribution in [-0.2, 0) is 4.74 Å². The van der Waals surface area contributed by atoms with Crippen LogP contribution >= 0.6 is 0 Å². The molecule has 0 saturated heterocycles. The van der Waals surface area contributed by atoms with Crippen molar-refractivity contribution in [1.29, 1.82) is 0 Å². The number of rotatable bonds is 8. The van der Waals surface area contributed by atoms with E-state index in [1.165, 1.54) is 38.5 Å². The number of ether oxygens (including phenoxy) is 1. The van der Waals surface area contributed by atoms with Crippen molar-refractivity contribution >= 4 is 0 Å². The summed E-state index contributed by atoms with van der Waals surface area (Å²) in [7, 11) is 0. The van der Waals surface area contributed by atoms with Gasteiger partial charge in [-0.2, -0.15) is 0 Å². The van der Waals surface area contributed by atoms with Crippen LogP contribution in [0.1, 0.15) is 65.7 Å². The summed E-state index contributed by atoms with van der Waals surface area (Å²) in [5.74, 6) is 0.921. The lowest BCUT2D eigenvalue weighted by atomic mass is 9.85. The molecule has 0 bridgehead atoms. The second-order valence-corrected chi connectivity index (χ2v) is 5.58. The van der Waals surface area contributed by atoms with E-state index in [1.807, 2.05) is 0 Å². The van der Waals surface area contributed by atoms with Gasteiger partial charge in [-0.15, -0.1) is 0 Å². The molecule has 0 aromatic rings. The standard InChI is InChI=1S/C15H31NO/c1-4-10-16-13(3)9-11-17-15-8-6-7-14(5-2)12-15/h13-16H,4-12H2,1-3H3. The Morgan fingerprint density at radius 3 is 2.82 bits per heavy atom. The van der Waals surface area contributed by atoms with E-state index in [1.54, 1.807) is 0 Å². The van der Waals surface area contributed by atoms with Crippen molar-refractivity contribution < 1.29 is 4.74 Å². The predicted octanol–water partition coefficient (Wildman–Crippen LogP) is 3.75. The molecule has 1 saturated carbocycles. The number of hydrogen-bond donors (Lipinski definition) is 1. The summed E-state index contributed by atoms with van der Waals surface area (Å²) < 4.78 is 6.03. The van der Waals surface area contributed by atoms with E-state index in [0.29, 0.717) is 12.1 Å². The minimum Gasteiger partial charge on any atom is -0.378 e. The van der Waals surface area contributed by atoms with Crippen molar-refractivity contribution in [2.75, 3.05) is 13.2 Å². The maximum Gasteiger partial charge on any atom is 0.0577 e. The average Bonchev–Trinajstić information content (AvgIpc) is 2.36. The second kappa shape index (κ2) is 8.93. The highest BCUT2D eigenvalue weighted by atomic mass is 16.5. The van der Waals surface area contributed by atoms with E-state index in [9.17, 15) is 0 Å². The third kappa shape index (κ3) is 6.42. The zero-order valence-corrected chi connectivity index (χ0v) is 12.0. The lowest BCUT2D eigenvalue weighted by Crippen LogP contribution is -2.29. The quantitative estimate of drug-likeness (QED) is 0.699. The van der Waals surface area contributed by atoms with Crippen LogP contribution in [-0.4, -0.2) is 25.3 Å². The molecule has 3 unspecified atom stereocenters. The lowest BCUT2D eigenvalue weighted by molar-refractivity contribution is 0.00889. The van der Waals surface area contributed by atoms with Gasteiger partial charge >= 0.3 is 0 Å². The maximum atomic E-state index is 6.03. The minimum atomic E-state index is 0.548. The van der Waals surface area contributed by atoms with E-state index >= 15 is 0 Å². The van der Waals surface area contributed by atoms with E-state index in [-0.39, 0.29) is 0 Å². The smallest absolute Gasteiger partial charge is 0.0577 e. The molecule has 102 valence electrons. The first-order chi connectivity index (χ1) is 8.26. The van der Waals surface area contributed by atoms with Crippen LogP contribution in [0.5, 0.6) is 0 Å². The topological polar surface area (TPSA) is 21.3 Å². The maximum absolute atomic E-state index is 6.03. The van der Waals surface area contributed by atoms with E-state index in [2.05, 4.69) is 26.1 Å². The second-order valence-electron chi connectivity index (χ2n) is 5.58. The highest BCUT2D eigenvalue weighted by Gasteiger charge is 2.21. The van der Waals surface area contributed by atoms with E-state index < -0.39 is 0 Å². The third-order valence-corrected chi connectivity index (χ3v) is 3.96. The van der Waals surface area contributed by atoms with Crippen molar-refractivity contribution in [3.63, 3.8) is 0 Å². The van der Waals surface area contributed by atoms with Gasteiger partial charge in [0.15, 0.2) is 0 Å². The largest absolute Gasteiger partial charge is 0.378 e. The fraction of sp³-hybridized carbons (Fsp3) is 1.00. The molecule has 2 heteroatoms. The van der Waals surface area contributed by atoms with Crippen LogP contribution < -0.4 is 5.32 Å². The molecule has 0 aliphatic heterocycles. The summed E-state index contributed by atoms with van der Waals surface area (Å²) in [6.45, 7) is 8.84. The van der Waals surface area contributed by atoms with Gasteiger partial charge in [0.05, 0.1) is 6.10 Å².